The highest BCUT2D eigenvalue weighted by Crippen LogP contribution is 2.21. The SMILES string of the molecule is COc1ccccc1Cc1cn(CC(=O)O)c2cc(C)ccc2c1=O. The van der Waals surface area contributed by atoms with Gasteiger partial charge in [-0.2, -0.15) is 0 Å². The van der Waals surface area contributed by atoms with Crippen molar-refractivity contribution in [1.82, 2.24) is 4.57 Å². The summed E-state index contributed by atoms with van der Waals surface area (Å²) in [6.45, 7) is 1.72. The predicted molar refractivity (Wildman–Crippen MR) is 96.4 cm³/mol. The van der Waals surface area contributed by atoms with E-state index in [2.05, 4.69) is 0 Å². The van der Waals surface area contributed by atoms with Crippen LogP contribution in [0.5, 0.6) is 5.75 Å². The number of pyridine rings is 1. The zero-order valence-electron chi connectivity index (χ0n) is 14.2. The first-order chi connectivity index (χ1) is 12.0. The molecular formula is C20H19NO4. The van der Waals surface area contributed by atoms with Crippen LogP contribution in [0.25, 0.3) is 10.9 Å². The zero-order chi connectivity index (χ0) is 18.0. The van der Waals surface area contributed by atoms with Gasteiger partial charge < -0.3 is 14.4 Å². The summed E-state index contributed by atoms with van der Waals surface area (Å²) < 4.78 is 6.97. The molecule has 0 saturated heterocycles. The van der Waals surface area contributed by atoms with Crippen molar-refractivity contribution in [2.45, 2.75) is 19.9 Å². The molecule has 1 heterocycles. The summed E-state index contributed by atoms with van der Waals surface area (Å²) in [5.41, 5.74) is 2.96. The lowest BCUT2D eigenvalue weighted by molar-refractivity contribution is -0.137. The Balaban J connectivity index is 2.18. The molecule has 25 heavy (non-hydrogen) atoms. The van der Waals surface area contributed by atoms with E-state index in [1.165, 1.54) is 0 Å². The number of aliphatic carboxylic acids is 1. The highest BCUT2D eigenvalue weighted by molar-refractivity contribution is 5.82. The Kier molecular flexibility index (Phi) is 4.57. The molecule has 1 N–H and O–H groups in total. The summed E-state index contributed by atoms with van der Waals surface area (Å²) in [5.74, 6) is -0.245. The van der Waals surface area contributed by atoms with Crippen molar-refractivity contribution in [2.24, 2.45) is 0 Å². The van der Waals surface area contributed by atoms with Gasteiger partial charge >= 0.3 is 5.97 Å². The third kappa shape index (κ3) is 3.40. The largest absolute Gasteiger partial charge is 0.496 e. The van der Waals surface area contributed by atoms with Crippen LogP contribution in [0.4, 0.5) is 0 Å². The van der Waals surface area contributed by atoms with Crippen LogP contribution in [0.1, 0.15) is 16.7 Å². The number of hydrogen-bond donors (Lipinski definition) is 1. The third-order valence-corrected chi connectivity index (χ3v) is 4.19. The molecule has 2 aromatic carbocycles. The first-order valence-corrected chi connectivity index (χ1v) is 7.96. The highest BCUT2D eigenvalue weighted by atomic mass is 16.5. The first kappa shape index (κ1) is 16.8. The molecule has 0 unspecified atom stereocenters. The average molecular weight is 337 g/mol. The minimum atomic E-state index is -0.949. The minimum Gasteiger partial charge on any atom is -0.496 e. The van der Waals surface area contributed by atoms with E-state index in [1.807, 2.05) is 43.3 Å². The Labute approximate surface area is 145 Å². The Morgan fingerprint density at radius 1 is 1.16 bits per heavy atom. The normalized spacial score (nSPS) is 10.8. The van der Waals surface area contributed by atoms with Crippen LogP contribution in [0.3, 0.4) is 0 Å². The average Bonchev–Trinajstić information content (AvgIpc) is 2.59. The van der Waals surface area contributed by atoms with Gasteiger partial charge in [-0.1, -0.05) is 24.3 Å². The number of carbonyl (C=O) groups is 1. The molecule has 128 valence electrons. The van der Waals surface area contributed by atoms with Crippen LogP contribution in [-0.4, -0.2) is 22.8 Å². The molecule has 3 rings (SSSR count). The van der Waals surface area contributed by atoms with Gasteiger partial charge in [-0.05, 0) is 36.2 Å². The number of aromatic nitrogens is 1. The maximum atomic E-state index is 12.9. The number of nitrogens with zero attached hydrogens (tertiary/aromatic N) is 1. The second kappa shape index (κ2) is 6.81. The van der Waals surface area contributed by atoms with Crippen LogP contribution >= 0.6 is 0 Å². The van der Waals surface area contributed by atoms with E-state index in [0.29, 0.717) is 28.6 Å². The topological polar surface area (TPSA) is 68.5 Å². The van der Waals surface area contributed by atoms with Crippen LogP contribution in [-0.2, 0) is 17.8 Å². The van der Waals surface area contributed by atoms with Crippen LogP contribution < -0.4 is 10.2 Å². The number of para-hydroxylation sites is 1. The van der Waals surface area contributed by atoms with Crippen molar-refractivity contribution < 1.29 is 14.6 Å². The fraction of sp³-hybridized carbons (Fsp3) is 0.200. The fourth-order valence-corrected chi connectivity index (χ4v) is 3.02. The number of methoxy groups -OCH3 is 1. The Bertz CT molecular complexity index is 1000. The zero-order valence-corrected chi connectivity index (χ0v) is 14.2. The molecule has 0 aliphatic rings. The van der Waals surface area contributed by atoms with Gasteiger partial charge in [0.05, 0.1) is 12.6 Å². The van der Waals surface area contributed by atoms with Crippen molar-refractivity contribution in [2.75, 3.05) is 7.11 Å². The smallest absolute Gasteiger partial charge is 0.323 e. The van der Waals surface area contributed by atoms with E-state index in [0.717, 1.165) is 11.1 Å². The summed E-state index contributed by atoms with van der Waals surface area (Å²) in [6, 6.07) is 13.0. The minimum absolute atomic E-state index is 0.0810. The standard InChI is InChI=1S/C20H19NO4/c1-13-7-8-16-17(9-13)21(12-19(22)23)11-15(20(16)24)10-14-5-3-4-6-18(14)25-2/h3-9,11H,10,12H2,1-2H3,(H,22,23). The van der Waals surface area contributed by atoms with Gasteiger partial charge in [-0.3, -0.25) is 9.59 Å². The lowest BCUT2D eigenvalue weighted by Crippen LogP contribution is -2.18. The number of aryl methyl sites for hydroxylation is 1. The van der Waals surface area contributed by atoms with Crippen LogP contribution in [0.2, 0.25) is 0 Å². The van der Waals surface area contributed by atoms with Crippen LogP contribution in [0.15, 0.2) is 53.5 Å². The molecule has 0 amide bonds. The Hall–Kier alpha value is -3.08. The van der Waals surface area contributed by atoms with Gasteiger partial charge in [0, 0.05) is 23.6 Å². The number of fused-ring (bicyclic) bond motifs is 1. The van der Waals surface area contributed by atoms with E-state index >= 15 is 0 Å². The molecule has 5 nitrogen and oxygen atoms in total. The van der Waals surface area contributed by atoms with E-state index in [4.69, 9.17) is 4.74 Å². The van der Waals surface area contributed by atoms with Gasteiger partial charge in [-0.15, -0.1) is 0 Å². The molecule has 0 fully saturated rings. The second-order valence-corrected chi connectivity index (χ2v) is 6.01. The quantitative estimate of drug-likeness (QED) is 0.777. The van der Waals surface area contributed by atoms with Gasteiger partial charge in [0.15, 0.2) is 5.43 Å². The monoisotopic (exact) mass is 337 g/mol. The van der Waals surface area contributed by atoms with Gasteiger partial charge in [0.25, 0.3) is 0 Å². The summed E-state index contributed by atoms with van der Waals surface area (Å²) in [4.78, 5) is 24.1. The first-order valence-electron chi connectivity index (χ1n) is 7.96. The molecule has 0 aliphatic heterocycles. The summed E-state index contributed by atoms with van der Waals surface area (Å²) in [5, 5.41) is 9.74. The van der Waals surface area contributed by atoms with Crippen molar-refractivity contribution >= 4 is 16.9 Å². The molecule has 0 bridgehead atoms. The fourth-order valence-electron chi connectivity index (χ4n) is 3.02. The Morgan fingerprint density at radius 2 is 1.92 bits per heavy atom. The van der Waals surface area contributed by atoms with Crippen molar-refractivity contribution in [3.63, 3.8) is 0 Å². The summed E-state index contributed by atoms with van der Waals surface area (Å²) in [7, 11) is 1.59. The molecule has 1 aromatic heterocycles. The van der Waals surface area contributed by atoms with Crippen molar-refractivity contribution in [3.05, 3.63) is 75.6 Å². The molecule has 5 heteroatoms. The second-order valence-electron chi connectivity index (χ2n) is 6.01. The highest BCUT2D eigenvalue weighted by Gasteiger charge is 2.13. The number of rotatable bonds is 5. The third-order valence-electron chi connectivity index (χ3n) is 4.19. The number of hydrogen-bond acceptors (Lipinski definition) is 3. The van der Waals surface area contributed by atoms with Gasteiger partial charge in [0.1, 0.15) is 12.3 Å². The van der Waals surface area contributed by atoms with Gasteiger partial charge in [-0.25, -0.2) is 0 Å². The van der Waals surface area contributed by atoms with Crippen LogP contribution in [0, 0.1) is 6.92 Å². The molecular weight excluding hydrogens is 318 g/mol. The van der Waals surface area contributed by atoms with E-state index in [1.54, 1.807) is 23.9 Å². The molecule has 0 atom stereocenters. The molecule has 3 aromatic rings. The molecule has 0 aliphatic carbocycles. The van der Waals surface area contributed by atoms with Gasteiger partial charge in [0.2, 0.25) is 0 Å². The maximum absolute atomic E-state index is 12.9. The predicted octanol–water partition coefficient (Wildman–Crippen LogP) is 2.99. The number of benzene rings is 2. The van der Waals surface area contributed by atoms with Crippen molar-refractivity contribution in [1.29, 1.82) is 0 Å². The Morgan fingerprint density at radius 3 is 2.64 bits per heavy atom. The number of ether oxygens (including phenoxy) is 1. The molecule has 0 radical (unpaired) electrons. The summed E-state index contributed by atoms with van der Waals surface area (Å²) >= 11 is 0. The van der Waals surface area contributed by atoms with E-state index in [9.17, 15) is 14.7 Å². The lowest BCUT2D eigenvalue weighted by Gasteiger charge is -2.13. The number of carboxylic acids is 1. The number of carboxylic acid groups (broad SMARTS) is 1. The van der Waals surface area contributed by atoms with Crippen molar-refractivity contribution in [3.8, 4) is 5.75 Å². The van der Waals surface area contributed by atoms with E-state index < -0.39 is 5.97 Å². The molecule has 0 spiro atoms. The molecule has 0 saturated carbocycles. The maximum Gasteiger partial charge on any atom is 0.323 e. The van der Waals surface area contributed by atoms with E-state index in [-0.39, 0.29) is 12.0 Å². The lowest BCUT2D eigenvalue weighted by atomic mass is 10.0. The summed E-state index contributed by atoms with van der Waals surface area (Å²) in [6.07, 6.45) is 2.02.